The van der Waals surface area contributed by atoms with Gasteiger partial charge in [0.15, 0.2) is 0 Å². The summed E-state index contributed by atoms with van der Waals surface area (Å²) < 4.78 is 5.79. The van der Waals surface area contributed by atoms with Crippen molar-refractivity contribution in [1.29, 1.82) is 0 Å². The van der Waals surface area contributed by atoms with Crippen LogP contribution in [0.2, 0.25) is 0 Å². The number of hydrogen-bond donors (Lipinski definition) is 2. The van der Waals surface area contributed by atoms with Crippen LogP contribution in [0, 0.1) is 0 Å². The van der Waals surface area contributed by atoms with Gasteiger partial charge in [-0.15, -0.1) is 0 Å². The van der Waals surface area contributed by atoms with Crippen molar-refractivity contribution in [2.75, 3.05) is 0 Å². The first kappa shape index (κ1) is 13.8. The molecule has 2 aromatic carbocycles. The Balaban J connectivity index is 1.97. The van der Waals surface area contributed by atoms with Gasteiger partial charge in [0.05, 0.1) is 12.7 Å². The van der Waals surface area contributed by atoms with E-state index in [-0.39, 0.29) is 6.10 Å². The fourth-order valence-electron chi connectivity index (χ4n) is 1.89. The third-order valence-corrected chi connectivity index (χ3v) is 3.02. The van der Waals surface area contributed by atoms with Crippen LogP contribution in [-0.2, 0) is 11.3 Å². The van der Waals surface area contributed by atoms with Crippen LogP contribution in [0.25, 0.3) is 0 Å². The summed E-state index contributed by atoms with van der Waals surface area (Å²) >= 11 is 0. The van der Waals surface area contributed by atoms with Gasteiger partial charge in [-0.1, -0.05) is 54.6 Å². The van der Waals surface area contributed by atoms with Crippen LogP contribution in [0.1, 0.15) is 24.2 Å². The number of rotatable bonds is 5. The van der Waals surface area contributed by atoms with Gasteiger partial charge >= 0.3 is 7.12 Å². The largest absolute Gasteiger partial charge is 0.488 e. The average molecular weight is 256 g/mol. The molecule has 0 heterocycles. The second-order valence-corrected chi connectivity index (χ2v) is 4.48. The summed E-state index contributed by atoms with van der Waals surface area (Å²) in [5, 5.41) is 18.2. The molecular weight excluding hydrogens is 239 g/mol. The predicted octanol–water partition coefficient (Wildman–Crippen LogP) is 1.64. The Labute approximate surface area is 113 Å². The van der Waals surface area contributed by atoms with Gasteiger partial charge in [0, 0.05) is 0 Å². The molecule has 0 bridgehead atoms. The standard InChI is InChI=1S/C15H17BO3/c1-12(14-7-3-2-4-8-14)19-11-13-6-5-9-15(10-13)16(17)18/h2-10,12,17-18H,11H2,1H3. The highest BCUT2D eigenvalue weighted by Crippen LogP contribution is 2.17. The van der Waals surface area contributed by atoms with Crippen LogP contribution in [0.3, 0.4) is 0 Å². The van der Waals surface area contributed by atoms with Crippen molar-refractivity contribution in [3.8, 4) is 0 Å². The molecule has 98 valence electrons. The zero-order chi connectivity index (χ0) is 13.7. The number of hydrogen-bond acceptors (Lipinski definition) is 3. The molecule has 0 aliphatic carbocycles. The van der Waals surface area contributed by atoms with Crippen molar-refractivity contribution in [2.45, 2.75) is 19.6 Å². The molecule has 0 aliphatic rings. The van der Waals surface area contributed by atoms with Crippen LogP contribution in [-0.4, -0.2) is 17.2 Å². The smallest absolute Gasteiger partial charge is 0.423 e. The van der Waals surface area contributed by atoms with Crippen molar-refractivity contribution in [2.24, 2.45) is 0 Å². The Morgan fingerprint density at radius 3 is 2.47 bits per heavy atom. The fourth-order valence-corrected chi connectivity index (χ4v) is 1.89. The minimum atomic E-state index is -1.44. The second kappa shape index (κ2) is 6.52. The van der Waals surface area contributed by atoms with E-state index in [1.54, 1.807) is 18.2 Å². The molecule has 0 fully saturated rings. The summed E-state index contributed by atoms with van der Waals surface area (Å²) in [4.78, 5) is 0. The summed E-state index contributed by atoms with van der Waals surface area (Å²) in [5.41, 5.74) is 2.53. The normalized spacial score (nSPS) is 12.2. The molecule has 2 N–H and O–H groups in total. The summed E-state index contributed by atoms with van der Waals surface area (Å²) in [6, 6.07) is 17.1. The van der Waals surface area contributed by atoms with Crippen LogP contribution in [0.4, 0.5) is 0 Å². The Bertz CT molecular complexity index is 514. The van der Waals surface area contributed by atoms with Crippen LogP contribution >= 0.6 is 0 Å². The van der Waals surface area contributed by atoms with Gasteiger partial charge in [-0.25, -0.2) is 0 Å². The van der Waals surface area contributed by atoms with Gasteiger partial charge in [-0.05, 0) is 23.5 Å². The zero-order valence-corrected chi connectivity index (χ0v) is 10.9. The molecule has 1 unspecified atom stereocenters. The highest BCUT2D eigenvalue weighted by atomic mass is 16.5. The minimum Gasteiger partial charge on any atom is -0.423 e. The second-order valence-electron chi connectivity index (χ2n) is 4.48. The fraction of sp³-hybridized carbons (Fsp3) is 0.200. The first-order chi connectivity index (χ1) is 9.16. The topological polar surface area (TPSA) is 49.7 Å². The SMILES string of the molecule is CC(OCc1cccc(B(O)O)c1)c1ccccc1. The van der Waals surface area contributed by atoms with Gasteiger partial charge in [0.2, 0.25) is 0 Å². The van der Waals surface area contributed by atoms with Crippen molar-refractivity contribution in [3.63, 3.8) is 0 Å². The lowest BCUT2D eigenvalue weighted by Crippen LogP contribution is -2.29. The maximum Gasteiger partial charge on any atom is 0.488 e. The Morgan fingerprint density at radius 2 is 1.79 bits per heavy atom. The number of benzene rings is 2. The third kappa shape index (κ3) is 3.93. The molecule has 2 aromatic rings. The Morgan fingerprint density at radius 1 is 1.05 bits per heavy atom. The van der Waals surface area contributed by atoms with Gasteiger partial charge in [-0.2, -0.15) is 0 Å². The molecule has 0 amide bonds. The van der Waals surface area contributed by atoms with Gasteiger partial charge in [-0.3, -0.25) is 0 Å². The van der Waals surface area contributed by atoms with Gasteiger partial charge in [0.1, 0.15) is 0 Å². The van der Waals surface area contributed by atoms with Gasteiger partial charge in [0.25, 0.3) is 0 Å². The molecule has 0 aliphatic heterocycles. The first-order valence-corrected chi connectivity index (χ1v) is 6.28. The molecule has 19 heavy (non-hydrogen) atoms. The van der Waals surface area contributed by atoms with Crippen LogP contribution in [0.5, 0.6) is 0 Å². The van der Waals surface area contributed by atoms with Crippen LogP contribution < -0.4 is 5.46 Å². The van der Waals surface area contributed by atoms with E-state index in [1.165, 1.54) is 0 Å². The van der Waals surface area contributed by atoms with Gasteiger partial charge < -0.3 is 14.8 Å². The summed E-state index contributed by atoms with van der Waals surface area (Å²) in [6.45, 7) is 2.44. The minimum absolute atomic E-state index is 0.00362. The molecule has 0 saturated heterocycles. The average Bonchev–Trinajstić information content (AvgIpc) is 2.46. The lowest BCUT2D eigenvalue weighted by molar-refractivity contribution is 0.0526. The lowest BCUT2D eigenvalue weighted by atomic mass is 9.80. The first-order valence-electron chi connectivity index (χ1n) is 6.28. The number of ether oxygens (including phenoxy) is 1. The summed E-state index contributed by atoms with van der Waals surface area (Å²) in [6.07, 6.45) is 0.00362. The predicted molar refractivity (Wildman–Crippen MR) is 75.9 cm³/mol. The highest BCUT2D eigenvalue weighted by Gasteiger charge is 2.11. The van der Waals surface area contributed by atoms with E-state index in [4.69, 9.17) is 14.8 Å². The van der Waals surface area contributed by atoms with E-state index in [2.05, 4.69) is 0 Å². The van der Waals surface area contributed by atoms with E-state index < -0.39 is 7.12 Å². The third-order valence-electron chi connectivity index (χ3n) is 3.02. The van der Waals surface area contributed by atoms with Crippen molar-refractivity contribution in [3.05, 3.63) is 65.7 Å². The van der Waals surface area contributed by atoms with E-state index in [0.717, 1.165) is 11.1 Å². The van der Waals surface area contributed by atoms with Crippen LogP contribution in [0.15, 0.2) is 54.6 Å². The summed E-state index contributed by atoms with van der Waals surface area (Å²) in [5.74, 6) is 0. The van der Waals surface area contributed by atoms with E-state index in [9.17, 15) is 0 Å². The van der Waals surface area contributed by atoms with Crippen molar-refractivity contribution in [1.82, 2.24) is 0 Å². The molecule has 0 aromatic heterocycles. The Hall–Kier alpha value is -1.62. The van der Waals surface area contributed by atoms with Crippen molar-refractivity contribution < 1.29 is 14.8 Å². The molecule has 0 saturated carbocycles. The molecular formula is C15H17BO3. The van der Waals surface area contributed by atoms with E-state index >= 15 is 0 Å². The molecule has 0 spiro atoms. The quantitative estimate of drug-likeness (QED) is 0.799. The maximum absolute atomic E-state index is 9.12. The molecule has 4 heteroatoms. The highest BCUT2D eigenvalue weighted by molar-refractivity contribution is 6.58. The summed E-state index contributed by atoms with van der Waals surface area (Å²) in [7, 11) is -1.44. The maximum atomic E-state index is 9.12. The van der Waals surface area contributed by atoms with E-state index in [0.29, 0.717) is 12.1 Å². The molecule has 2 rings (SSSR count). The molecule has 0 radical (unpaired) electrons. The zero-order valence-electron chi connectivity index (χ0n) is 10.9. The molecule has 1 atom stereocenters. The monoisotopic (exact) mass is 256 g/mol. The van der Waals surface area contributed by atoms with E-state index in [1.807, 2.05) is 43.3 Å². The lowest BCUT2D eigenvalue weighted by Gasteiger charge is -2.14. The molecule has 3 nitrogen and oxygen atoms in total. The Kier molecular flexibility index (Phi) is 4.74. The van der Waals surface area contributed by atoms with Crippen molar-refractivity contribution >= 4 is 12.6 Å².